The minimum atomic E-state index is -0.359. The van der Waals surface area contributed by atoms with Crippen LogP contribution in [0.2, 0.25) is 0 Å². The summed E-state index contributed by atoms with van der Waals surface area (Å²) in [7, 11) is 0. The van der Waals surface area contributed by atoms with E-state index in [9.17, 15) is 4.79 Å². The number of nitrogens with two attached hydrogens (primary N) is 1. The predicted molar refractivity (Wildman–Crippen MR) is 69.7 cm³/mol. The summed E-state index contributed by atoms with van der Waals surface area (Å²) in [4.78, 5) is 10.9. The Bertz CT molecular complexity index is 509. The molecule has 0 aliphatic heterocycles. The van der Waals surface area contributed by atoms with E-state index in [4.69, 9.17) is 10.6 Å². The van der Waals surface area contributed by atoms with E-state index in [1.807, 2.05) is 60.0 Å². The first-order valence-electron chi connectivity index (χ1n) is 5.57. The molecule has 0 aromatic heterocycles. The summed E-state index contributed by atoms with van der Waals surface area (Å²) in [6, 6.07) is 17.6. The normalized spacial score (nSPS) is 9.83. The van der Waals surface area contributed by atoms with Crippen molar-refractivity contribution in [3.8, 4) is 16.9 Å². The molecule has 0 spiro atoms. The number of benzene rings is 2. The highest BCUT2D eigenvalue weighted by Gasteiger charge is 2.01. The van der Waals surface area contributed by atoms with Crippen LogP contribution in [0.1, 0.15) is 0 Å². The molecule has 0 saturated heterocycles. The molecule has 0 radical (unpaired) electrons. The molecule has 0 atom stereocenters. The van der Waals surface area contributed by atoms with Crippen LogP contribution in [0, 0.1) is 0 Å². The van der Waals surface area contributed by atoms with Crippen molar-refractivity contribution in [1.29, 1.82) is 0 Å². The zero-order valence-electron chi connectivity index (χ0n) is 9.80. The van der Waals surface area contributed by atoms with Crippen LogP contribution in [0.3, 0.4) is 0 Å². The summed E-state index contributed by atoms with van der Waals surface area (Å²) in [5.74, 6) is 5.23. The van der Waals surface area contributed by atoms with Gasteiger partial charge < -0.3 is 4.74 Å². The zero-order chi connectivity index (χ0) is 12.8. The van der Waals surface area contributed by atoms with Crippen molar-refractivity contribution < 1.29 is 9.53 Å². The molecule has 0 heterocycles. The fraction of sp³-hybridized carbons (Fsp3) is 0.0714. The van der Waals surface area contributed by atoms with Gasteiger partial charge >= 0.3 is 0 Å². The molecule has 0 unspecified atom stereocenters. The van der Waals surface area contributed by atoms with E-state index in [-0.39, 0.29) is 12.5 Å². The maximum absolute atomic E-state index is 10.9. The Labute approximate surface area is 105 Å². The molecule has 18 heavy (non-hydrogen) atoms. The largest absolute Gasteiger partial charge is 0.484 e. The number of amides is 1. The van der Waals surface area contributed by atoms with E-state index in [0.717, 1.165) is 11.1 Å². The van der Waals surface area contributed by atoms with Crippen LogP contribution >= 0.6 is 0 Å². The lowest BCUT2D eigenvalue weighted by Gasteiger charge is -2.06. The van der Waals surface area contributed by atoms with E-state index >= 15 is 0 Å². The summed E-state index contributed by atoms with van der Waals surface area (Å²) in [6.07, 6.45) is 0. The van der Waals surface area contributed by atoms with Crippen LogP contribution in [-0.2, 0) is 4.79 Å². The molecule has 2 aromatic rings. The van der Waals surface area contributed by atoms with Crippen LogP contribution < -0.4 is 16.0 Å². The second kappa shape index (κ2) is 5.84. The Balaban J connectivity index is 2.04. The first-order chi connectivity index (χ1) is 8.79. The molecule has 3 N–H and O–H groups in total. The second-order valence-electron chi connectivity index (χ2n) is 3.75. The van der Waals surface area contributed by atoms with Gasteiger partial charge in [0.2, 0.25) is 0 Å². The van der Waals surface area contributed by atoms with Crippen LogP contribution in [0.15, 0.2) is 54.6 Å². The summed E-state index contributed by atoms with van der Waals surface area (Å²) in [6.45, 7) is -0.0822. The van der Waals surface area contributed by atoms with Gasteiger partial charge in [-0.1, -0.05) is 42.5 Å². The molecule has 2 rings (SSSR count). The van der Waals surface area contributed by atoms with Crippen LogP contribution in [0.25, 0.3) is 11.1 Å². The Morgan fingerprint density at radius 2 is 1.61 bits per heavy atom. The number of hydrazine groups is 1. The van der Waals surface area contributed by atoms with Crippen LogP contribution in [0.5, 0.6) is 5.75 Å². The highest BCUT2D eigenvalue weighted by Crippen LogP contribution is 2.21. The maximum Gasteiger partial charge on any atom is 0.271 e. The molecule has 2 aromatic carbocycles. The van der Waals surface area contributed by atoms with Crippen molar-refractivity contribution in [2.24, 2.45) is 5.84 Å². The molecule has 0 fully saturated rings. The molecule has 0 bridgehead atoms. The van der Waals surface area contributed by atoms with Gasteiger partial charge in [-0.2, -0.15) is 0 Å². The molecule has 1 amide bonds. The molecule has 92 valence electrons. The second-order valence-corrected chi connectivity index (χ2v) is 3.75. The van der Waals surface area contributed by atoms with Gasteiger partial charge in [0.05, 0.1) is 0 Å². The van der Waals surface area contributed by atoms with Gasteiger partial charge in [-0.25, -0.2) is 5.84 Å². The Morgan fingerprint density at radius 3 is 2.22 bits per heavy atom. The van der Waals surface area contributed by atoms with E-state index in [1.165, 1.54) is 0 Å². The van der Waals surface area contributed by atoms with Gasteiger partial charge in [0.1, 0.15) is 5.75 Å². The number of nitrogens with one attached hydrogen (secondary N) is 1. The van der Waals surface area contributed by atoms with Gasteiger partial charge in [-0.05, 0) is 23.3 Å². The minimum absolute atomic E-state index is 0.0822. The van der Waals surface area contributed by atoms with Crippen molar-refractivity contribution in [3.05, 3.63) is 54.6 Å². The van der Waals surface area contributed by atoms with Gasteiger partial charge in [-0.3, -0.25) is 10.2 Å². The monoisotopic (exact) mass is 242 g/mol. The third-order valence-corrected chi connectivity index (χ3v) is 2.49. The number of hydrogen-bond donors (Lipinski definition) is 2. The van der Waals surface area contributed by atoms with Crippen LogP contribution in [-0.4, -0.2) is 12.5 Å². The molecule has 4 nitrogen and oxygen atoms in total. The van der Waals surface area contributed by atoms with Crippen LogP contribution in [0.4, 0.5) is 0 Å². The fourth-order valence-corrected chi connectivity index (χ4v) is 1.56. The summed E-state index contributed by atoms with van der Waals surface area (Å²) in [5, 5.41) is 0. The Kier molecular flexibility index (Phi) is 3.94. The van der Waals surface area contributed by atoms with E-state index < -0.39 is 0 Å². The summed E-state index contributed by atoms with van der Waals surface area (Å²) < 4.78 is 5.26. The van der Waals surface area contributed by atoms with Crippen molar-refractivity contribution in [3.63, 3.8) is 0 Å². The Hall–Kier alpha value is -2.33. The van der Waals surface area contributed by atoms with E-state index in [0.29, 0.717) is 5.75 Å². The summed E-state index contributed by atoms with van der Waals surface area (Å²) >= 11 is 0. The smallest absolute Gasteiger partial charge is 0.271 e. The topological polar surface area (TPSA) is 64.3 Å². The van der Waals surface area contributed by atoms with Gasteiger partial charge in [0, 0.05) is 0 Å². The number of ether oxygens (including phenoxy) is 1. The van der Waals surface area contributed by atoms with Crippen molar-refractivity contribution >= 4 is 5.91 Å². The number of rotatable bonds is 4. The molecular weight excluding hydrogens is 228 g/mol. The SMILES string of the molecule is NNC(=O)COc1ccc(-c2ccccc2)cc1. The maximum atomic E-state index is 10.9. The molecule has 4 heteroatoms. The highest BCUT2D eigenvalue weighted by atomic mass is 16.5. The van der Waals surface area contributed by atoms with Gasteiger partial charge in [0.25, 0.3) is 5.91 Å². The lowest BCUT2D eigenvalue weighted by molar-refractivity contribution is -0.123. The minimum Gasteiger partial charge on any atom is -0.484 e. The van der Waals surface area contributed by atoms with Crippen molar-refractivity contribution in [2.75, 3.05) is 6.61 Å². The van der Waals surface area contributed by atoms with Gasteiger partial charge in [-0.15, -0.1) is 0 Å². The first kappa shape index (κ1) is 12.1. The summed E-state index contributed by atoms with van der Waals surface area (Å²) in [5.41, 5.74) is 4.25. The van der Waals surface area contributed by atoms with Crippen molar-refractivity contribution in [1.82, 2.24) is 5.43 Å². The molecule has 0 aliphatic rings. The average molecular weight is 242 g/mol. The lowest BCUT2D eigenvalue weighted by atomic mass is 10.1. The standard InChI is InChI=1S/C14H14N2O2/c15-16-14(17)10-18-13-8-6-12(7-9-13)11-4-2-1-3-5-11/h1-9H,10,15H2,(H,16,17). The number of carbonyl (C=O) groups excluding carboxylic acids is 1. The van der Waals surface area contributed by atoms with Gasteiger partial charge in [0.15, 0.2) is 6.61 Å². The molecule has 0 saturated carbocycles. The van der Waals surface area contributed by atoms with E-state index in [2.05, 4.69) is 0 Å². The van der Waals surface area contributed by atoms with E-state index in [1.54, 1.807) is 0 Å². The number of hydrogen-bond acceptors (Lipinski definition) is 3. The quantitative estimate of drug-likeness (QED) is 0.487. The third-order valence-electron chi connectivity index (χ3n) is 2.49. The Morgan fingerprint density at radius 1 is 1.00 bits per heavy atom. The molecule has 0 aliphatic carbocycles. The lowest BCUT2D eigenvalue weighted by Crippen LogP contribution is -2.34. The number of carbonyl (C=O) groups is 1. The highest BCUT2D eigenvalue weighted by molar-refractivity contribution is 5.76. The van der Waals surface area contributed by atoms with Crippen molar-refractivity contribution in [2.45, 2.75) is 0 Å². The average Bonchev–Trinajstić information content (AvgIpc) is 2.46. The predicted octanol–water partition coefficient (Wildman–Crippen LogP) is 1.72. The first-order valence-corrected chi connectivity index (χ1v) is 5.57. The fourth-order valence-electron chi connectivity index (χ4n) is 1.56. The zero-order valence-corrected chi connectivity index (χ0v) is 9.80. The molecular formula is C14H14N2O2. The third kappa shape index (κ3) is 3.09.